The molecule has 0 aliphatic rings. The maximum Gasteiger partial charge on any atom is 0.170 e. The minimum Gasteiger partial charge on any atom is -0.497 e. The summed E-state index contributed by atoms with van der Waals surface area (Å²) in [5, 5.41) is 2.13. The fourth-order valence-electron chi connectivity index (χ4n) is 2.96. The highest BCUT2D eigenvalue weighted by molar-refractivity contribution is 6.03. The fourth-order valence-corrected chi connectivity index (χ4v) is 2.96. The Morgan fingerprint density at radius 2 is 1.65 bits per heavy atom. The normalized spacial score (nSPS) is 12.1. The second kappa shape index (κ2) is 6.66. The standard InChI is InChI=1S/C21H20O2/c1-3-20(15-7-5-4-6-8-15)21(22)18-10-9-17-14-19(23-2)12-11-16(17)13-18/h4-14,20H,3H2,1-2H3. The van der Waals surface area contributed by atoms with Gasteiger partial charge in [0.25, 0.3) is 0 Å². The number of hydrogen-bond acceptors (Lipinski definition) is 2. The number of benzene rings is 3. The molecule has 0 N–H and O–H groups in total. The first-order valence-corrected chi connectivity index (χ1v) is 7.90. The van der Waals surface area contributed by atoms with E-state index in [4.69, 9.17) is 4.74 Å². The lowest BCUT2D eigenvalue weighted by Crippen LogP contribution is -2.12. The quantitative estimate of drug-likeness (QED) is 0.604. The van der Waals surface area contributed by atoms with Gasteiger partial charge in [0.05, 0.1) is 7.11 Å². The minimum atomic E-state index is -0.0908. The Morgan fingerprint density at radius 1 is 0.957 bits per heavy atom. The SMILES string of the molecule is CCC(C(=O)c1ccc2cc(OC)ccc2c1)c1ccccc1. The summed E-state index contributed by atoms with van der Waals surface area (Å²) in [6.07, 6.45) is 0.795. The van der Waals surface area contributed by atoms with Gasteiger partial charge in [0.2, 0.25) is 0 Å². The van der Waals surface area contributed by atoms with Gasteiger partial charge in [-0.05, 0) is 41.0 Å². The smallest absolute Gasteiger partial charge is 0.170 e. The molecule has 0 aliphatic heterocycles. The minimum absolute atomic E-state index is 0.0908. The van der Waals surface area contributed by atoms with E-state index in [1.54, 1.807) is 7.11 Å². The van der Waals surface area contributed by atoms with Gasteiger partial charge in [-0.25, -0.2) is 0 Å². The van der Waals surface area contributed by atoms with Crippen molar-refractivity contribution < 1.29 is 9.53 Å². The molecule has 0 aliphatic carbocycles. The zero-order valence-corrected chi connectivity index (χ0v) is 13.5. The third-order valence-electron chi connectivity index (χ3n) is 4.26. The number of methoxy groups -OCH3 is 1. The van der Waals surface area contributed by atoms with E-state index in [9.17, 15) is 4.79 Å². The maximum absolute atomic E-state index is 12.9. The number of hydrogen-bond donors (Lipinski definition) is 0. The summed E-state index contributed by atoms with van der Waals surface area (Å²) in [7, 11) is 1.66. The van der Waals surface area contributed by atoms with Crippen LogP contribution in [-0.4, -0.2) is 12.9 Å². The molecule has 0 aromatic heterocycles. The molecule has 1 unspecified atom stereocenters. The average Bonchev–Trinajstić information content (AvgIpc) is 2.62. The van der Waals surface area contributed by atoms with Gasteiger partial charge < -0.3 is 4.74 Å². The maximum atomic E-state index is 12.9. The molecule has 2 heteroatoms. The molecule has 0 saturated heterocycles. The number of rotatable bonds is 5. The molecular weight excluding hydrogens is 284 g/mol. The molecule has 0 bridgehead atoms. The van der Waals surface area contributed by atoms with Crippen LogP contribution in [0.2, 0.25) is 0 Å². The second-order valence-electron chi connectivity index (χ2n) is 5.66. The van der Waals surface area contributed by atoms with Gasteiger partial charge in [0.15, 0.2) is 5.78 Å². The zero-order chi connectivity index (χ0) is 16.2. The highest BCUT2D eigenvalue weighted by Crippen LogP contribution is 2.27. The van der Waals surface area contributed by atoms with E-state index < -0.39 is 0 Å². The molecule has 0 heterocycles. The topological polar surface area (TPSA) is 26.3 Å². The number of ketones is 1. The Kier molecular flexibility index (Phi) is 4.42. The van der Waals surface area contributed by atoms with E-state index in [-0.39, 0.29) is 11.7 Å². The first-order valence-electron chi connectivity index (χ1n) is 7.90. The number of ether oxygens (including phenoxy) is 1. The van der Waals surface area contributed by atoms with E-state index >= 15 is 0 Å². The lowest BCUT2D eigenvalue weighted by molar-refractivity contribution is 0.0957. The van der Waals surface area contributed by atoms with Crippen LogP contribution in [-0.2, 0) is 0 Å². The third-order valence-corrected chi connectivity index (χ3v) is 4.26. The van der Waals surface area contributed by atoms with Crippen LogP contribution in [0.5, 0.6) is 5.75 Å². The van der Waals surface area contributed by atoms with E-state index in [0.717, 1.165) is 34.1 Å². The summed E-state index contributed by atoms with van der Waals surface area (Å²) in [6.45, 7) is 2.06. The summed E-state index contributed by atoms with van der Waals surface area (Å²) in [5.74, 6) is 0.913. The van der Waals surface area contributed by atoms with Crippen LogP contribution in [0.15, 0.2) is 66.7 Å². The Hall–Kier alpha value is -2.61. The molecule has 0 spiro atoms. The first kappa shape index (κ1) is 15.3. The summed E-state index contributed by atoms with van der Waals surface area (Å²) in [5.41, 5.74) is 1.84. The summed E-state index contributed by atoms with van der Waals surface area (Å²) in [6, 6.07) is 21.8. The van der Waals surface area contributed by atoms with Crippen LogP contribution in [0.4, 0.5) is 0 Å². The van der Waals surface area contributed by atoms with Gasteiger partial charge in [-0.2, -0.15) is 0 Å². The van der Waals surface area contributed by atoms with E-state index in [1.807, 2.05) is 66.7 Å². The highest BCUT2D eigenvalue weighted by atomic mass is 16.5. The molecule has 0 saturated carbocycles. The summed E-state index contributed by atoms with van der Waals surface area (Å²) in [4.78, 5) is 12.9. The average molecular weight is 304 g/mol. The lowest BCUT2D eigenvalue weighted by atomic mass is 9.88. The van der Waals surface area contributed by atoms with Gasteiger partial charge in [0, 0.05) is 11.5 Å². The van der Waals surface area contributed by atoms with Gasteiger partial charge in [-0.15, -0.1) is 0 Å². The summed E-state index contributed by atoms with van der Waals surface area (Å²) >= 11 is 0. The first-order chi connectivity index (χ1) is 11.2. The van der Waals surface area contributed by atoms with Crippen LogP contribution < -0.4 is 4.74 Å². The van der Waals surface area contributed by atoms with Crippen molar-refractivity contribution in [2.45, 2.75) is 19.3 Å². The highest BCUT2D eigenvalue weighted by Gasteiger charge is 2.20. The fraction of sp³-hybridized carbons (Fsp3) is 0.190. The lowest BCUT2D eigenvalue weighted by Gasteiger charge is -2.15. The van der Waals surface area contributed by atoms with Crippen LogP contribution in [0.3, 0.4) is 0 Å². The largest absolute Gasteiger partial charge is 0.497 e. The molecule has 3 aromatic rings. The third kappa shape index (κ3) is 3.11. The molecule has 3 aromatic carbocycles. The van der Waals surface area contributed by atoms with Crippen molar-refractivity contribution in [3.8, 4) is 5.75 Å². The van der Waals surface area contributed by atoms with Crippen molar-refractivity contribution in [2.24, 2.45) is 0 Å². The Labute approximate surface area is 136 Å². The molecule has 23 heavy (non-hydrogen) atoms. The van der Waals surface area contributed by atoms with E-state index in [2.05, 4.69) is 6.92 Å². The van der Waals surface area contributed by atoms with Crippen LogP contribution >= 0.6 is 0 Å². The molecule has 0 amide bonds. The van der Waals surface area contributed by atoms with Gasteiger partial charge in [-0.3, -0.25) is 4.79 Å². The van der Waals surface area contributed by atoms with E-state index in [0.29, 0.717) is 0 Å². The van der Waals surface area contributed by atoms with Crippen LogP contribution in [0.25, 0.3) is 10.8 Å². The molecule has 2 nitrogen and oxygen atoms in total. The molecule has 116 valence electrons. The van der Waals surface area contributed by atoms with Gasteiger partial charge >= 0.3 is 0 Å². The number of Topliss-reactive ketones (excluding diaryl/α,β-unsaturated/α-hetero) is 1. The molecular formula is C21H20O2. The van der Waals surface area contributed by atoms with Crippen molar-refractivity contribution in [3.05, 3.63) is 77.9 Å². The predicted molar refractivity (Wildman–Crippen MR) is 94.3 cm³/mol. The van der Waals surface area contributed by atoms with Crippen molar-refractivity contribution in [1.29, 1.82) is 0 Å². The van der Waals surface area contributed by atoms with Crippen molar-refractivity contribution >= 4 is 16.6 Å². The van der Waals surface area contributed by atoms with Gasteiger partial charge in [0.1, 0.15) is 5.75 Å². The van der Waals surface area contributed by atoms with Crippen LogP contribution in [0, 0.1) is 0 Å². The molecule has 3 rings (SSSR count). The molecule has 1 atom stereocenters. The molecule has 0 radical (unpaired) electrons. The van der Waals surface area contributed by atoms with Crippen LogP contribution in [0.1, 0.15) is 35.2 Å². The Morgan fingerprint density at radius 3 is 2.35 bits per heavy atom. The number of carbonyl (C=O) groups excluding carboxylic acids is 1. The number of carbonyl (C=O) groups is 1. The monoisotopic (exact) mass is 304 g/mol. The second-order valence-corrected chi connectivity index (χ2v) is 5.66. The summed E-state index contributed by atoms with van der Waals surface area (Å²) < 4.78 is 5.25. The zero-order valence-electron chi connectivity index (χ0n) is 13.5. The van der Waals surface area contributed by atoms with E-state index in [1.165, 1.54) is 0 Å². The van der Waals surface area contributed by atoms with Crippen molar-refractivity contribution in [2.75, 3.05) is 7.11 Å². The Balaban J connectivity index is 1.96. The van der Waals surface area contributed by atoms with Gasteiger partial charge in [-0.1, -0.05) is 55.5 Å². The Bertz CT molecular complexity index is 822. The predicted octanol–water partition coefficient (Wildman–Crippen LogP) is 5.22. The van der Waals surface area contributed by atoms with Crippen molar-refractivity contribution in [1.82, 2.24) is 0 Å². The van der Waals surface area contributed by atoms with Crippen molar-refractivity contribution in [3.63, 3.8) is 0 Å². The molecule has 0 fully saturated rings. The number of fused-ring (bicyclic) bond motifs is 1.